The normalized spacial score (nSPS) is 14.5. The van der Waals surface area contributed by atoms with Gasteiger partial charge in [-0.1, -0.05) is 23.7 Å². The van der Waals surface area contributed by atoms with E-state index >= 15 is 0 Å². The standard InChI is InChI=1S/C14H14ClNO/c1-9(17)8-16-6-5-10-7-12-11(14(10)16)3-2-4-13(12)15/h2-6,9,17H,7-8H2,1H3. The first-order valence-electron chi connectivity index (χ1n) is 5.80. The molecule has 0 fully saturated rings. The van der Waals surface area contributed by atoms with Gasteiger partial charge in [0.1, 0.15) is 0 Å². The van der Waals surface area contributed by atoms with E-state index in [-0.39, 0.29) is 6.10 Å². The predicted molar refractivity (Wildman–Crippen MR) is 69.4 cm³/mol. The van der Waals surface area contributed by atoms with E-state index in [2.05, 4.69) is 16.7 Å². The zero-order valence-corrected chi connectivity index (χ0v) is 10.4. The first-order valence-corrected chi connectivity index (χ1v) is 6.18. The van der Waals surface area contributed by atoms with E-state index in [1.54, 1.807) is 6.92 Å². The largest absolute Gasteiger partial charge is 0.392 e. The maximum absolute atomic E-state index is 9.51. The van der Waals surface area contributed by atoms with Gasteiger partial charge in [0.05, 0.1) is 11.8 Å². The van der Waals surface area contributed by atoms with Crippen molar-refractivity contribution in [2.24, 2.45) is 0 Å². The molecular formula is C14H14ClNO. The van der Waals surface area contributed by atoms with Gasteiger partial charge in [0.25, 0.3) is 0 Å². The Balaban J connectivity index is 2.13. The molecule has 1 N–H and O–H groups in total. The van der Waals surface area contributed by atoms with Crippen molar-refractivity contribution in [2.75, 3.05) is 0 Å². The van der Waals surface area contributed by atoms with Crippen LogP contribution < -0.4 is 0 Å². The molecule has 2 nitrogen and oxygen atoms in total. The third-order valence-electron chi connectivity index (χ3n) is 3.25. The van der Waals surface area contributed by atoms with Gasteiger partial charge in [-0.25, -0.2) is 0 Å². The number of halogens is 1. The molecule has 1 aliphatic carbocycles. The van der Waals surface area contributed by atoms with Gasteiger partial charge in [-0.2, -0.15) is 0 Å². The molecule has 1 heterocycles. The van der Waals surface area contributed by atoms with Crippen LogP contribution in [0.25, 0.3) is 11.3 Å². The molecule has 3 heteroatoms. The number of aromatic nitrogens is 1. The van der Waals surface area contributed by atoms with E-state index < -0.39 is 0 Å². The van der Waals surface area contributed by atoms with E-state index in [9.17, 15) is 5.11 Å². The first-order chi connectivity index (χ1) is 8.16. The molecule has 0 aliphatic heterocycles. The van der Waals surface area contributed by atoms with Gasteiger partial charge in [0.2, 0.25) is 0 Å². The Bertz CT molecular complexity index is 572. The van der Waals surface area contributed by atoms with Crippen molar-refractivity contribution in [2.45, 2.75) is 26.0 Å². The van der Waals surface area contributed by atoms with Crippen molar-refractivity contribution in [3.8, 4) is 11.3 Å². The van der Waals surface area contributed by atoms with Gasteiger partial charge in [0.15, 0.2) is 0 Å². The molecule has 1 atom stereocenters. The van der Waals surface area contributed by atoms with Crippen LogP contribution in [0.2, 0.25) is 5.02 Å². The molecule has 0 amide bonds. The Morgan fingerprint density at radius 3 is 3.00 bits per heavy atom. The number of fused-ring (bicyclic) bond motifs is 3. The molecule has 3 rings (SSSR count). The van der Waals surface area contributed by atoms with Gasteiger partial charge >= 0.3 is 0 Å². The Hall–Kier alpha value is -1.25. The first kappa shape index (κ1) is 10.9. The van der Waals surface area contributed by atoms with E-state index in [0.717, 1.165) is 11.4 Å². The molecular weight excluding hydrogens is 234 g/mol. The number of rotatable bonds is 2. The summed E-state index contributed by atoms with van der Waals surface area (Å²) in [6.45, 7) is 2.43. The van der Waals surface area contributed by atoms with E-state index in [1.165, 1.54) is 22.4 Å². The summed E-state index contributed by atoms with van der Waals surface area (Å²) in [5, 5.41) is 10.3. The molecule has 0 bridgehead atoms. The van der Waals surface area contributed by atoms with Crippen LogP contribution in [0, 0.1) is 0 Å². The highest BCUT2D eigenvalue weighted by atomic mass is 35.5. The number of nitrogens with zero attached hydrogens (tertiary/aromatic N) is 1. The molecule has 2 aromatic rings. The number of hydrogen-bond acceptors (Lipinski definition) is 1. The zero-order chi connectivity index (χ0) is 12.0. The van der Waals surface area contributed by atoms with Crippen molar-refractivity contribution in [3.05, 3.63) is 46.6 Å². The SMILES string of the molecule is CC(O)Cn1ccc2c1-c1cccc(Cl)c1C2. The summed E-state index contributed by atoms with van der Waals surface area (Å²) >= 11 is 6.22. The van der Waals surface area contributed by atoms with Gasteiger partial charge in [0, 0.05) is 29.7 Å². The smallest absolute Gasteiger partial charge is 0.0691 e. The predicted octanol–water partition coefficient (Wildman–Crippen LogP) is 3.09. The fourth-order valence-corrected chi connectivity index (χ4v) is 2.82. The van der Waals surface area contributed by atoms with Gasteiger partial charge < -0.3 is 9.67 Å². The number of aliphatic hydroxyl groups is 1. The van der Waals surface area contributed by atoms with Crippen LogP contribution in [0.4, 0.5) is 0 Å². The quantitative estimate of drug-likeness (QED) is 0.740. The van der Waals surface area contributed by atoms with Crippen LogP contribution in [0.5, 0.6) is 0 Å². The molecule has 1 unspecified atom stereocenters. The molecule has 1 aliphatic rings. The van der Waals surface area contributed by atoms with Crippen LogP contribution in [-0.4, -0.2) is 15.8 Å². The highest BCUT2D eigenvalue weighted by Gasteiger charge is 2.24. The number of benzene rings is 1. The van der Waals surface area contributed by atoms with Crippen molar-refractivity contribution in [1.29, 1.82) is 0 Å². The average Bonchev–Trinajstić information content (AvgIpc) is 2.79. The van der Waals surface area contributed by atoms with E-state index in [0.29, 0.717) is 6.54 Å². The minimum atomic E-state index is -0.338. The minimum Gasteiger partial charge on any atom is -0.392 e. The van der Waals surface area contributed by atoms with Crippen molar-refractivity contribution in [3.63, 3.8) is 0 Å². The Labute approximate surface area is 105 Å². The second-order valence-corrected chi connectivity index (χ2v) is 5.04. The maximum Gasteiger partial charge on any atom is 0.0691 e. The van der Waals surface area contributed by atoms with Crippen LogP contribution >= 0.6 is 11.6 Å². The second-order valence-electron chi connectivity index (χ2n) is 4.63. The van der Waals surface area contributed by atoms with Gasteiger partial charge in [-0.05, 0) is 30.2 Å². The third kappa shape index (κ3) is 1.68. The summed E-state index contributed by atoms with van der Waals surface area (Å²) in [6.07, 6.45) is 2.60. The molecule has 1 aromatic heterocycles. The van der Waals surface area contributed by atoms with Crippen molar-refractivity contribution >= 4 is 11.6 Å². The molecule has 17 heavy (non-hydrogen) atoms. The lowest BCUT2D eigenvalue weighted by Gasteiger charge is -2.11. The minimum absolute atomic E-state index is 0.338. The molecule has 0 radical (unpaired) electrons. The summed E-state index contributed by atoms with van der Waals surface area (Å²) < 4.78 is 2.11. The van der Waals surface area contributed by atoms with E-state index in [4.69, 9.17) is 11.6 Å². The zero-order valence-electron chi connectivity index (χ0n) is 9.65. The molecule has 0 spiro atoms. The summed E-state index contributed by atoms with van der Waals surface area (Å²) in [6, 6.07) is 8.14. The molecule has 88 valence electrons. The lowest BCUT2D eigenvalue weighted by atomic mass is 10.1. The lowest BCUT2D eigenvalue weighted by molar-refractivity contribution is 0.174. The third-order valence-corrected chi connectivity index (χ3v) is 3.60. The Kier molecular flexibility index (Phi) is 2.49. The van der Waals surface area contributed by atoms with Crippen LogP contribution in [0.15, 0.2) is 30.5 Å². The highest BCUT2D eigenvalue weighted by molar-refractivity contribution is 6.32. The van der Waals surface area contributed by atoms with Crippen molar-refractivity contribution in [1.82, 2.24) is 4.57 Å². The topological polar surface area (TPSA) is 25.2 Å². The van der Waals surface area contributed by atoms with Crippen LogP contribution in [-0.2, 0) is 13.0 Å². The van der Waals surface area contributed by atoms with Gasteiger partial charge in [-0.3, -0.25) is 0 Å². The highest BCUT2D eigenvalue weighted by Crippen LogP contribution is 2.40. The summed E-state index contributed by atoms with van der Waals surface area (Å²) in [5.74, 6) is 0. The van der Waals surface area contributed by atoms with Crippen molar-refractivity contribution < 1.29 is 5.11 Å². The number of hydrogen-bond donors (Lipinski definition) is 1. The maximum atomic E-state index is 9.51. The summed E-state index contributed by atoms with van der Waals surface area (Å²) in [5.41, 5.74) is 4.93. The van der Waals surface area contributed by atoms with Crippen LogP contribution in [0.3, 0.4) is 0 Å². The average molecular weight is 248 g/mol. The fraction of sp³-hybridized carbons (Fsp3) is 0.286. The monoisotopic (exact) mass is 247 g/mol. The molecule has 0 saturated heterocycles. The molecule has 1 aromatic carbocycles. The number of aliphatic hydroxyl groups excluding tert-OH is 1. The Morgan fingerprint density at radius 1 is 1.41 bits per heavy atom. The molecule has 0 saturated carbocycles. The van der Waals surface area contributed by atoms with Gasteiger partial charge in [-0.15, -0.1) is 0 Å². The Morgan fingerprint density at radius 2 is 2.24 bits per heavy atom. The lowest BCUT2D eigenvalue weighted by Crippen LogP contribution is -2.11. The van der Waals surface area contributed by atoms with Crippen LogP contribution in [0.1, 0.15) is 18.1 Å². The summed E-state index contributed by atoms with van der Waals surface area (Å²) in [7, 11) is 0. The fourth-order valence-electron chi connectivity index (χ4n) is 2.58. The van der Waals surface area contributed by atoms with E-state index in [1.807, 2.05) is 18.3 Å². The second kappa shape index (κ2) is 3.90. The summed E-state index contributed by atoms with van der Waals surface area (Å²) in [4.78, 5) is 0.